The van der Waals surface area contributed by atoms with Crippen molar-refractivity contribution in [3.05, 3.63) is 29.5 Å². The average Bonchev–Trinajstić information content (AvgIpc) is 2.51. The van der Waals surface area contributed by atoms with Crippen LogP contribution in [0.3, 0.4) is 0 Å². The molecule has 114 valence electrons. The number of aryl methyl sites for hydroxylation is 2. The molecule has 0 aromatic carbocycles. The summed E-state index contributed by atoms with van der Waals surface area (Å²) in [7, 11) is 1.60. The van der Waals surface area contributed by atoms with Crippen molar-refractivity contribution in [2.45, 2.75) is 33.6 Å². The lowest BCUT2D eigenvalue weighted by atomic mass is 10.1. The van der Waals surface area contributed by atoms with Gasteiger partial charge in [-0.05, 0) is 25.8 Å². The summed E-state index contributed by atoms with van der Waals surface area (Å²) < 4.78 is 10.1. The summed E-state index contributed by atoms with van der Waals surface area (Å²) in [6, 6.07) is 1.93. The van der Waals surface area contributed by atoms with E-state index in [-0.39, 0.29) is 5.57 Å². The van der Waals surface area contributed by atoms with Gasteiger partial charge in [0.15, 0.2) is 0 Å². The highest BCUT2D eigenvalue weighted by atomic mass is 16.5. The largest absolute Gasteiger partial charge is 0.481 e. The minimum absolute atomic E-state index is 0.216. The number of carbonyl (C=O) groups is 1. The van der Waals surface area contributed by atoms with E-state index in [0.29, 0.717) is 12.5 Å². The zero-order valence-electron chi connectivity index (χ0n) is 13.1. The third-order valence-corrected chi connectivity index (χ3v) is 2.92. The van der Waals surface area contributed by atoms with Gasteiger partial charge in [-0.15, -0.1) is 0 Å². The van der Waals surface area contributed by atoms with E-state index < -0.39 is 5.97 Å². The van der Waals surface area contributed by atoms with Gasteiger partial charge in [0.2, 0.25) is 5.88 Å². The normalized spacial score (nSPS) is 10.7. The molecular formula is C16H22N2O3. The van der Waals surface area contributed by atoms with E-state index >= 15 is 0 Å². The smallest absolute Gasteiger partial charge is 0.339 e. The predicted octanol–water partition coefficient (Wildman–Crippen LogP) is 3.04. The summed E-state index contributed by atoms with van der Waals surface area (Å²) in [6.07, 6.45) is 2.93. The van der Waals surface area contributed by atoms with Gasteiger partial charge in [-0.3, -0.25) is 4.99 Å². The van der Waals surface area contributed by atoms with Gasteiger partial charge in [0.05, 0.1) is 30.7 Å². The fraction of sp³-hybridized carbons (Fsp3) is 0.438. The molecule has 0 fully saturated rings. The van der Waals surface area contributed by atoms with Crippen LogP contribution in [0.25, 0.3) is 0 Å². The van der Waals surface area contributed by atoms with E-state index in [2.05, 4.69) is 16.6 Å². The van der Waals surface area contributed by atoms with Crippen molar-refractivity contribution in [3.63, 3.8) is 0 Å². The first kappa shape index (κ1) is 16.9. The third kappa shape index (κ3) is 4.41. The second-order valence-electron chi connectivity index (χ2n) is 4.33. The Morgan fingerprint density at radius 3 is 2.62 bits per heavy atom. The lowest BCUT2D eigenvalue weighted by Crippen LogP contribution is -2.07. The molecule has 21 heavy (non-hydrogen) atoms. The molecule has 0 bridgehead atoms. The van der Waals surface area contributed by atoms with Gasteiger partial charge in [-0.25, -0.2) is 9.78 Å². The van der Waals surface area contributed by atoms with Crippen molar-refractivity contribution in [3.8, 4) is 5.88 Å². The molecule has 0 aliphatic heterocycles. The van der Waals surface area contributed by atoms with Crippen molar-refractivity contribution in [2.75, 3.05) is 13.7 Å². The van der Waals surface area contributed by atoms with E-state index in [9.17, 15) is 4.79 Å². The van der Waals surface area contributed by atoms with Crippen LogP contribution in [-0.2, 0) is 22.4 Å². The van der Waals surface area contributed by atoms with E-state index in [4.69, 9.17) is 9.47 Å². The van der Waals surface area contributed by atoms with Crippen molar-refractivity contribution in [2.24, 2.45) is 4.99 Å². The van der Waals surface area contributed by atoms with Gasteiger partial charge in [-0.1, -0.05) is 20.4 Å². The second kappa shape index (κ2) is 8.19. The van der Waals surface area contributed by atoms with E-state index in [1.54, 1.807) is 14.0 Å². The summed E-state index contributed by atoms with van der Waals surface area (Å²) in [5, 5.41) is 0. The maximum Gasteiger partial charge on any atom is 0.339 e. The number of carbonyl (C=O) groups excluding carboxylic acids is 1. The molecule has 1 aromatic rings. The lowest BCUT2D eigenvalue weighted by molar-refractivity contribution is -0.137. The Balaban J connectivity index is 3.06. The molecule has 0 saturated heterocycles. The maximum atomic E-state index is 11.5. The van der Waals surface area contributed by atoms with Crippen LogP contribution in [0.1, 0.15) is 32.0 Å². The third-order valence-electron chi connectivity index (χ3n) is 2.92. The zero-order valence-corrected chi connectivity index (χ0v) is 13.1. The Labute approximate surface area is 125 Å². The molecule has 0 amide bonds. The zero-order chi connectivity index (χ0) is 15.8. The van der Waals surface area contributed by atoms with Gasteiger partial charge in [-0.2, -0.15) is 0 Å². The van der Waals surface area contributed by atoms with Gasteiger partial charge < -0.3 is 9.47 Å². The van der Waals surface area contributed by atoms with Gasteiger partial charge in [0.1, 0.15) is 0 Å². The minimum atomic E-state index is -0.462. The molecular weight excluding hydrogens is 268 g/mol. The number of aliphatic imine (C=N–C) groups is 1. The first-order chi connectivity index (χ1) is 10.1. The summed E-state index contributed by atoms with van der Waals surface area (Å²) in [4.78, 5) is 20.3. The highest BCUT2D eigenvalue weighted by Gasteiger charge is 2.10. The van der Waals surface area contributed by atoms with Crippen molar-refractivity contribution >= 4 is 17.9 Å². The van der Waals surface area contributed by atoms with Crippen molar-refractivity contribution in [1.29, 1.82) is 0 Å². The number of pyridine rings is 1. The highest BCUT2D eigenvalue weighted by molar-refractivity contribution is 6.09. The average molecular weight is 290 g/mol. The Morgan fingerprint density at radius 2 is 2.10 bits per heavy atom. The molecule has 0 atom stereocenters. The topological polar surface area (TPSA) is 60.8 Å². The maximum absolute atomic E-state index is 11.5. The molecule has 5 heteroatoms. The SMILES string of the molecule is C=C(C=Nc1cc(CC)c(OC)nc1CC)C(=O)OCC. The van der Waals surface area contributed by atoms with Crippen LogP contribution >= 0.6 is 0 Å². The number of esters is 1. The first-order valence-electron chi connectivity index (χ1n) is 7.04. The molecule has 0 aliphatic rings. The van der Waals surface area contributed by atoms with E-state index in [1.165, 1.54) is 6.21 Å². The molecule has 1 rings (SSSR count). The fourth-order valence-electron chi connectivity index (χ4n) is 1.79. The van der Waals surface area contributed by atoms with Crippen LogP contribution in [-0.4, -0.2) is 30.9 Å². The van der Waals surface area contributed by atoms with Crippen LogP contribution in [0, 0.1) is 0 Å². The standard InChI is InChI=1S/C16H22N2O3/c1-6-12-9-14(13(7-2)18-15(12)20-5)17-10-11(4)16(19)21-8-3/h9-10H,4,6-8H2,1-3,5H3. The quantitative estimate of drug-likeness (QED) is 0.440. The summed E-state index contributed by atoms with van der Waals surface area (Å²) in [5.41, 5.74) is 2.73. The van der Waals surface area contributed by atoms with Crippen LogP contribution in [0.15, 0.2) is 23.2 Å². The Kier molecular flexibility index (Phi) is 6.59. The number of nitrogens with zero attached hydrogens (tertiary/aromatic N) is 2. The van der Waals surface area contributed by atoms with Gasteiger partial charge >= 0.3 is 5.97 Å². The summed E-state index contributed by atoms with van der Waals surface area (Å²) in [6.45, 7) is 9.73. The summed E-state index contributed by atoms with van der Waals surface area (Å²) in [5.74, 6) is 0.161. The molecule has 0 unspecified atom stereocenters. The molecule has 5 nitrogen and oxygen atoms in total. The number of methoxy groups -OCH3 is 1. The van der Waals surface area contributed by atoms with Crippen LogP contribution in [0.5, 0.6) is 5.88 Å². The van der Waals surface area contributed by atoms with Gasteiger partial charge in [0, 0.05) is 11.8 Å². The number of hydrogen-bond acceptors (Lipinski definition) is 5. The number of hydrogen-bond donors (Lipinski definition) is 0. The van der Waals surface area contributed by atoms with Crippen molar-refractivity contribution in [1.82, 2.24) is 4.98 Å². The lowest BCUT2D eigenvalue weighted by Gasteiger charge is -2.10. The molecule has 0 radical (unpaired) electrons. The van der Waals surface area contributed by atoms with Crippen LogP contribution in [0.2, 0.25) is 0 Å². The number of ether oxygens (including phenoxy) is 2. The number of aromatic nitrogens is 1. The molecule has 1 aromatic heterocycles. The van der Waals surface area contributed by atoms with E-state index in [1.807, 2.05) is 19.9 Å². The van der Waals surface area contributed by atoms with Gasteiger partial charge in [0.25, 0.3) is 0 Å². The monoisotopic (exact) mass is 290 g/mol. The predicted molar refractivity (Wildman–Crippen MR) is 83.5 cm³/mol. The Morgan fingerprint density at radius 1 is 1.38 bits per heavy atom. The minimum Gasteiger partial charge on any atom is -0.481 e. The Bertz CT molecular complexity index is 551. The number of rotatable bonds is 7. The molecule has 1 heterocycles. The van der Waals surface area contributed by atoms with E-state index in [0.717, 1.165) is 29.8 Å². The van der Waals surface area contributed by atoms with Crippen LogP contribution < -0.4 is 4.74 Å². The fourth-order valence-corrected chi connectivity index (χ4v) is 1.79. The molecule has 0 spiro atoms. The molecule has 0 N–H and O–H groups in total. The highest BCUT2D eigenvalue weighted by Crippen LogP contribution is 2.26. The van der Waals surface area contributed by atoms with Crippen molar-refractivity contribution < 1.29 is 14.3 Å². The van der Waals surface area contributed by atoms with Crippen LogP contribution in [0.4, 0.5) is 5.69 Å². The molecule has 0 aliphatic carbocycles. The second-order valence-corrected chi connectivity index (χ2v) is 4.33. The Hall–Kier alpha value is -2.17. The summed E-state index contributed by atoms with van der Waals surface area (Å²) >= 11 is 0. The first-order valence-corrected chi connectivity index (χ1v) is 7.04. The molecule has 0 saturated carbocycles.